The summed E-state index contributed by atoms with van der Waals surface area (Å²) in [7, 11) is 0. The molecule has 0 aliphatic heterocycles. The highest BCUT2D eigenvalue weighted by Crippen LogP contribution is 2.14. The Balaban J connectivity index is 0. The summed E-state index contributed by atoms with van der Waals surface area (Å²) in [5.74, 6) is 1.07. The second-order valence-electron chi connectivity index (χ2n) is 2.82. The van der Waals surface area contributed by atoms with Crippen molar-refractivity contribution in [2.75, 3.05) is 0 Å². The second-order valence-corrected chi connectivity index (χ2v) is 3.64. The van der Waals surface area contributed by atoms with Gasteiger partial charge in [0.2, 0.25) is 16.3 Å². The first-order valence-electron chi connectivity index (χ1n) is 4.35. The molecule has 0 N–H and O–H groups in total. The van der Waals surface area contributed by atoms with Gasteiger partial charge in [0.05, 0.1) is 0 Å². The first-order chi connectivity index (χ1) is 4.35. The predicted molar refractivity (Wildman–Crippen MR) is 53.9 cm³/mol. The van der Waals surface area contributed by atoms with Gasteiger partial charge < -0.3 is 0 Å². The minimum atomic E-state index is 0. The van der Waals surface area contributed by atoms with E-state index < -0.39 is 0 Å². The molecule has 0 aromatic carbocycles. The average molecular weight is 179 g/mol. The van der Waals surface area contributed by atoms with Gasteiger partial charge in [-0.3, -0.25) is 0 Å². The van der Waals surface area contributed by atoms with Crippen LogP contribution in [0.4, 0.5) is 0 Å². The normalized spacial score (nSPS) is 12.2. The van der Waals surface area contributed by atoms with Crippen molar-refractivity contribution in [3.8, 4) is 0 Å². The van der Waals surface area contributed by atoms with Crippen LogP contribution >= 0.6 is 12.4 Å². The molecule has 0 nitrogen and oxygen atoms in total. The van der Waals surface area contributed by atoms with Gasteiger partial charge in [-0.15, -0.1) is 12.4 Å². The number of rotatable bonds is 5. The summed E-state index contributed by atoms with van der Waals surface area (Å²) in [6.07, 6.45) is 5.71. The highest BCUT2D eigenvalue weighted by Gasteiger charge is 2.00. The van der Waals surface area contributed by atoms with Gasteiger partial charge >= 0.3 is 0 Å². The van der Waals surface area contributed by atoms with Crippen LogP contribution in [0.5, 0.6) is 0 Å². The Morgan fingerprint density at radius 3 is 2.20 bits per heavy atom. The molecule has 1 atom stereocenters. The molecule has 1 unspecified atom stereocenters. The van der Waals surface area contributed by atoms with Gasteiger partial charge in [0, 0.05) is 0 Å². The Labute approximate surface area is 79.6 Å². The molecule has 10 heavy (non-hydrogen) atoms. The van der Waals surface area contributed by atoms with E-state index in [1.807, 2.05) is 0 Å². The van der Waals surface area contributed by atoms with E-state index in [1.165, 1.54) is 47.3 Å². The van der Waals surface area contributed by atoms with E-state index in [2.05, 4.69) is 13.8 Å². The van der Waals surface area contributed by atoms with Crippen molar-refractivity contribution in [1.29, 1.82) is 0 Å². The third-order valence-corrected chi connectivity index (χ3v) is 3.28. The first-order valence-corrected chi connectivity index (χ1v) is 5.76. The molecule has 0 amide bonds. The smallest absolute Gasteiger partial charge is 0.147 e. The van der Waals surface area contributed by atoms with Gasteiger partial charge in [0.15, 0.2) is 0 Å². The fourth-order valence-electron chi connectivity index (χ4n) is 1.19. The highest BCUT2D eigenvalue weighted by molar-refractivity contribution is 6.08. The fourth-order valence-corrected chi connectivity index (χ4v) is 2.18. The van der Waals surface area contributed by atoms with Crippen LogP contribution in [-0.2, 0) is 0 Å². The lowest BCUT2D eigenvalue weighted by molar-refractivity contribution is 0.492. The highest BCUT2D eigenvalue weighted by atomic mass is 35.5. The number of hydrogen-bond donors (Lipinski definition) is 0. The molecule has 0 aliphatic rings. The van der Waals surface area contributed by atoms with Gasteiger partial charge in [-0.25, -0.2) is 0 Å². The molecule has 0 bridgehead atoms. The molecule has 0 heterocycles. The maximum atomic E-state index is 2.32. The molecule has 0 aromatic heterocycles. The molecule has 0 rings (SSSR count). The SMILES string of the molecule is CCCCC(CC)[CH2][AlH2].Cl. The molecule has 0 saturated carbocycles. The molecule has 0 aliphatic carbocycles. The minimum Gasteiger partial charge on any atom is -0.147 e. The predicted octanol–water partition coefficient (Wildman–Crippen LogP) is 2.68. The third-order valence-electron chi connectivity index (χ3n) is 2.12. The zero-order chi connectivity index (χ0) is 7.11. The summed E-state index contributed by atoms with van der Waals surface area (Å²) in [5, 5.41) is 1.51. The van der Waals surface area contributed by atoms with E-state index in [9.17, 15) is 0 Å². The Kier molecular flexibility index (Phi) is 13.2. The van der Waals surface area contributed by atoms with Crippen LogP contribution in [0.25, 0.3) is 0 Å². The van der Waals surface area contributed by atoms with Gasteiger partial charge in [0.25, 0.3) is 0 Å². The van der Waals surface area contributed by atoms with Crippen LogP contribution in [0.2, 0.25) is 5.28 Å². The monoisotopic (exact) mass is 178 g/mol. The zero-order valence-electron chi connectivity index (χ0n) is 7.52. The van der Waals surface area contributed by atoms with Crippen molar-refractivity contribution in [2.45, 2.75) is 44.8 Å². The van der Waals surface area contributed by atoms with E-state index >= 15 is 0 Å². The summed E-state index contributed by atoms with van der Waals surface area (Å²) >= 11 is 1.40. The quantitative estimate of drug-likeness (QED) is 0.568. The molecular weight excluding hydrogens is 159 g/mol. The Morgan fingerprint density at radius 2 is 1.90 bits per heavy atom. The van der Waals surface area contributed by atoms with Gasteiger partial charge in [-0.2, -0.15) is 0 Å². The summed E-state index contributed by atoms with van der Waals surface area (Å²) in [4.78, 5) is 0. The van der Waals surface area contributed by atoms with E-state index in [-0.39, 0.29) is 12.4 Å². The lowest BCUT2D eigenvalue weighted by Gasteiger charge is -2.09. The lowest BCUT2D eigenvalue weighted by atomic mass is 10.0. The molecule has 0 radical (unpaired) electrons. The van der Waals surface area contributed by atoms with Crippen molar-refractivity contribution < 1.29 is 0 Å². The third kappa shape index (κ3) is 6.94. The van der Waals surface area contributed by atoms with Crippen LogP contribution in [0.15, 0.2) is 0 Å². The molecular formula is C8H20AlCl. The number of hydrogen-bond acceptors (Lipinski definition) is 0. The maximum Gasteiger partial charge on any atom is 0.212 e. The molecule has 62 valence electrons. The molecule has 0 saturated heterocycles. The number of unbranched alkanes of at least 4 members (excludes halogenated alkanes) is 1. The first kappa shape index (κ1) is 13.4. The molecule has 0 aromatic rings. The fraction of sp³-hybridized carbons (Fsp3) is 1.00. The van der Waals surface area contributed by atoms with E-state index in [4.69, 9.17) is 0 Å². The number of halogens is 1. The largest absolute Gasteiger partial charge is 0.212 e. The molecule has 0 fully saturated rings. The van der Waals surface area contributed by atoms with Gasteiger partial charge in [-0.05, 0) is 0 Å². The lowest BCUT2D eigenvalue weighted by Crippen LogP contribution is -1.96. The summed E-state index contributed by atoms with van der Waals surface area (Å²) in [6.45, 7) is 4.60. The van der Waals surface area contributed by atoms with Crippen LogP contribution in [-0.4, -0.2) is 16.3 Å². The maximum absolute atomic E-state index is 2.32. The van der Waals surface area contributed by atoms with Crippen molar-refractivity contribution in [3.63, 3.8) is 0 Å². The summed E-state index contributed by atoms with van der Waals surface area (Å²) in [5.41, 5.74) is 0. The second kappa shape index (κ2) is 9.82. The van der Waals surface area contributed by atoms with Crippen molar-refractivity contribution in [3.05, 3.63) is 0 Å². The van der Waals surface area contributed by atoms with Crippen molar-refractivity contribution in [2.24, 2.45) is 5.92 Å². The molecule has 0 spiro atoms. The Hall–Kier alpha value is 0.822. The van der Waals surface area contributed by atoms with Crippen LogP contribution in [0.1, 0.15) is 39.5 Å². The average Bonchev–Trinajstić information content (AvgIpc) is 1.91. The topological polar surface area (TPSA) is 0 Å². The summed E-state index contributed by atoms with van der Waals surface area (Å²) in [6, 6.07) is 0. The van der Waals surface area contributed by atoms with Crippen molar-refractivity contribution >= 4 is 28.7 Å². The van der Waals surface area contributed by atoms with Gasteiger partial charge in [-0.1, -0.05) is 50.7 Å². The molecule has 2 heteroatoms. The Morgan fingerprint density at radius 1 is 1.30 bits per heavy atom. The van der Waals surface area contributed by atoms with E-state index in [0.29, 0.717) is 0 Å². The van der Waals surface area contributed by atoms with E-state index in [1.54, 1.807) is 0 Å². The van der Waals surface area contributed by atoms with Crippen molar-refractivity contribution in [1.82, 2.24) is 0 Å². The zero-order valence-corrected chi connectivity index (χ0v) is 10.3. The van der Waals surface area contributed by atoms with Crippen LogP contribution in [0.3, 0.4) is 0 Å². The van der Waals surface area contributed by atoms with E-state index in [0.717, 1.165) is 5.92 Å². The van der Waals surface area contributed by atoms with Crippen LogP contribution < -0.4 is 0 Å². The Bertz CT molecular complexity index is 53.2. The minimum absolute atomic E-state index is 0. The summed E-state index contributed by atoms with van der Waals surface area (Å²) < 4.78 is 0. The standard InChI is InChI=1S/C8H17.Al.ClH.2H/c1-4-6-7-8(3)5-2;;;;/h8H,3-7H2,1-2H3;;1H;;. The van der Waals surface area contributed by atoms with Gasteiger partial charge in [0.1, 0.15) is 0 Å². The van der Waals surface area contributed by atoms with Crippen LogP contribution in [0, 0.1) is 5.92 Å².